The summed E-state index contributed by atoms with van der Waals surface area (Å²) in [6.07, 6.45) is -4.54. The summed E-state index contributed by atoms with van der Waals surface area (Å²) in [6.45, 7) is 2.09. The Labute approximate surface area is 187 Å². The molecule has 31 heavy (non-hydrogen) atoms. The highest BCUT2D eigenvalue weighted by Crippen LogP contribution is 2.32. The first-order valence-corrected chi connectivity index (χ1v) is 9.21. The molecule has 6 nitrogen and oxygen atoms in total. The standard InChI is InChI=1S/C21H20F3N3O3.BrH/c1-3-30-18-8-13-10-27(19(25)15(13)9-16(18)20(29)26-2)11-17(28)12-5-4-6-14(7-12)21(22,23)24;/h4-9,25H,3,10-11H2,1-2H3,(H,26,29);1H. The summed E-state index contributed by atoms with van der Waals surface area (Å²) >= 11 is 0. The number of amidine groups is 1. The fourth-order valence-electron chi connectivity index (χ4n) is 3.28. The molecular weight excluding hydrogens is 479 g/mol. The lowest BCUT2D eigenvalue weighted by Gasteiger charge is -2.17. The molecule has 10 heteroatoms. The average molecular weight is 500 g/mol. The number of halogens is 4. The Morgan fingerprint density at radius 3 is 2.55 bits per heavy atom. The largest absolute Gasteiger partial charge is 0.493 e. The molecule has 1 heterocycles. The zero-order valence-corrected chi connectivity index (χ0v) is 18.5. The SMILES string of the molecule is Br.CCOc1cc2c(cc1C(=O)NC)C(=N)N(CC(=O)c1cccc(C(F)(F)F)c1)C2. The molecular formula is C21H21BrF3N3O3. The lowest BCUT2D eigenvalue weighted by atomic mass is 10.0. The van der Waals surface area contributed by atoms with Crippen LogP contribution in [0.1, 0.15) is 44.3 Å². The third kappa shape index (κ3) is 5.07. The molecule has 0 aromatic heterocycles. The van der Waals surface area contributed by atoms with Gasteiger partial charge in [-0.05, 0) is 36.8 Å². The molecule has 1 aliphatic rings. The van der Waals surface area contributed by atoms with Gasteiger partial charge in [-0.15, -0.1) is 17.0 Å². The first-order valence-electron chi connectivity index (χ1n) is 9.21. The molecule has 0 aliphatic carbocycles. The van der Waals surface area contributed by atoms with Gasteiger partial charge < -0.3 is 15.0 Å². The maximum Gasteiger partial charge on any atom is 0.416 e. The number of nitrogens with zero attached hydrogens (tertiary/aromatic N) is 1. The number of ketones is 1. The Balaban J connectivity index is 0.00000341. The van der Waals surface area contributed by atoms with E-state index in [4.69, 9.17) is 10.1 Å². The average Bonchev–Trinajstić information content (AvgIpc) is 3.01. The molecule has 0 fully saturated rings. The summed E-state index contributed by atoms with van der Waals surface area (Å²) in [5.41, 5.74) is 0.482. The van der Waals surface area contributed by atoms with Crippen LogP contribution >= 0.6 is 17.0 Å². The van der Waals surface area contributed by atoms with Gasteiger partial charge in [-0.3, -0.25) is 15.0 Å². The molecule has 166 valence electrons. The minimum atomic E-state index is -4.54. The van der Waals surface area contributed by atoms with Crippen LogP contribution < -0.4 is 10.1 Å². The van der Waals surface area contributed by atoms with Crippen molar-refractivity contribution in [3.05, 3.63) is 64.2 Å². The molecule has 0 atom stereocenters. The first kappa shape index (κ1) is 24.4. The summed E-state index contributed by atoms with van der Waals surface area (Å²) in [5.74, 6) is -0.504. The number of ether oxygens (including phenoxy) is 1. The van der Waals surface area contributed by atoms with Gasteiger partial charge in [0.1, 0.15) is 11.6 Å². The summed E-state index contributed by atoms with van der Waals surface area (Å²) in [4.78, 5) is 26.2. The number of benzene rings is 2. The zero-order valence-electron chi connectivity index (χ0n) is 16.8. The van der Waals surface area contributed by atoms with Gasteiger partial charge in [0.2, 0.25) is 0 Å². The number of hydrogen-bond acceptors (Lipinski definition) is 4. The lowest BCUT2D eigenvalue weighted by Crippen LogP contribution is -2.30. The van der Waals surface area contributed by atoms with E-state index in [1.165, 1.54) is 30.1 Å². The van der Waals surface area contributed by atoms with Crippen molar-refractivity contribution < 1.29 is 27.5 Å². The highest BCUT2D eigenvalue weighted by atomic mass is 79.9. The van der Waals surface area contributed by atoms with Crippen LogP contribution in [-0.2, 0) is 12.7 Å². The monoisotopic (exact) mass is 499 g/mol. The van der Waals surface area contributed by atoms with Crippen molar-refractivity contribution >= 4 is 34.5 Å². The van der Waals surface area contributed by atoms with Gasteiger partial charge >= 0.3 is 6.18 Å². The molecule has 2 aromatic carbocycles. The third-order valence-corrected chi connectivity index (χ3v) is 4.76. The molecule has 0 spiro atoms. The number of nitrogens with one attached hydrogen (secondary N) is 2. The molecule has 3 rings (SSSR count). The Morgan fingerprint density at radius 1 is 1.23 bits per heavy atom. The second-order valence-corrected chi connectivity index (χ2v) is 6.72. The van der Waals surface area contributed by atoms with Crippen LogP contribution in [0.15, 0.2) is 36.4 Å². The maximum absolute atomic E-state index is 12.9. The van der Waals surface area contributed by atoms with Gasteiger partial charge in [0.25, 0.3) is 5.91 Å². The van der Waals surface area contributed by atoms with Gasteiger partial charge in [0.05, 0.1) is 24.3 Å². The van der Waals surface area contributed by atoms with Crippen LogP contribution in [0.25, 0.3) is 0 Å². The van der Waals surface area contributed by atoms with Crippen molar-refractivity contribution in [2.24, 2.45) is 0 Å². The molecule has 2 aromatic rings. The van der Waals surface area contributed by atoms with E-state index in [0.29, 0.717) is 23.5 Å². The van der Waals surface area contributed by atoms with E-state index in [0.717, 1.165) is 12.1 Å². The van der Waals surface area contributed by atoms with E-state index in [9.17, 15) is 22.8 Å². The van der Waals surface area contributed by atoms with Gasteiger partial charge in [0.15, 0.2) is 5.78 Å². The third-order valence-electron chi connectivity index (χ3n) is 4.76. The van der Waals surface area contributed by atoms with E-state index in [1.54, 1.807) is 13.0 Å². The molecule has 2 N–H and O–H groups in total. The van der Waals surface area contributed by atoms with Crippen molar-refractivity contribution in [3.8, 4) is 5.75 Å². The zero-order chi connectivity index (χ0) is 22.1. The topological polar surface area (TPSA) is 82.5 Å². The van der Waals surface area contributed by atoms with Crippen molar-refractivity contribution in [2.45, 2.75) is 19.6 Å². The Hall–Kier alpha value is -2.88. The summed E-state index contributed by atoms with van der Waals surface area (Å²) in [5, 5.41) is 10.9. The molecule has 0 saturated heterocycles. The number of alkyl halides is 3. The van der Waals surface area contributed by atoms with Crippen LogP contribution in [0.3, 0.4) is 0 Å². The minimum absolute atomic E-state index is 0. The molecule has 0 unspecified atom stereocenters. The predicted molar refractivity (Wildman–Crippen MR) is 114 cm³/mol. The van der Waals surface area contributed by atoms with E-state index in [-0.39, 0.29) is 52.9 Å². The molecule has 0 radical (unpaired) electrons. The Morgan fingerprint density at radius 2 is 1.94 bits per heavy atom. The molecule has 0 saturated carbocycles. The predicted octanol–water partition coefficient (Wildman–Crippen LogP) is 4.07. The highest BCUT2D eigenvalue weighted by molar-refractivity contribution is 8.93. The first-order chi connectivity index (χ1) is 14.2. The van der Waals surface area contributed by atoms with Crippen molar-refractivity contribution in [3.63, 3.8) is 0 Å². The van der Waals surface area contributed by atoms with Crippen molar-refractivity contribution in [1.82, 2.24) is 10.2 Å². The Bertz CT molecular complexity index is 1020. The fourth-order valence-corrected chi connectivity index (χ4v) is 3.28. The van der Waals surface area contributed by atoms with Gasteiger partial charge in [-0.1, -0.05) is 12.1 Å². The van der Waals surface area contributed by atoms with E-state index in [1.807, 2.05) is 0 Å². The number of hydrogen-bond donors (Lipinski definition) is 2. The normalized spacial score (nSPS) is 12.8. The van der Waals surface area contributed by atoms with Crippen LogP contribution in [0.5, 0.6) is 5.75 Å². The fraction of sp³-hybridized carbons (Fsp3) is 0.286. The second kappa shape index (κ2) is 9.51. The van der Waals surface area contributed by atoms with Crippen molar-refractivity contribution in [2.75, 3.05) is 20.2 Å². The molecule has 1 aliphatic heterocycles. The number of carbonyl (C=O) groups excluding carboxylic acids is 2. The quantitative estimate of drug-likeness (QED) is 0.587. The van der Waals surface area contributed by atoms with Crippen LogP contribution in [-0.4, -0.2) is 42.6 Å². The number of rotatable bonds is 6. The van der Waals surface area contributed by atoms with Crippen LogP contribution in [0, 0.1) is 5.41 Å². The van der Waals surface area contributed by atoms with Crippen LogP contribution in [0.4, 0.5) is 13.2 Å². The minimum Gasteiger partial charge on any atom is -0.493 e. The lowest BCUT2D eigenvalue weighted by molar-refractivity contribution is -0.137. The number of fused-ring (bicyclic) bond motifs is 1. The van der Waals surface area contributed by atoms with Crippen LogP contribution in [0.2, 0.25) is 0 Å². The van der Waals surface area contributed by atoms with E-state index < -0.39 is 17.5 Å². The summed E-state index contributed by atoms with van der Waals surface area (Å²) in [7, 11) is 1.48. The number of carbonyl (C=O) groups is 2. The van der Waals surface area contributed by atoms with Gasteiger partial charge in [-0.25, -0.2) is 0 Å². The van der Waals surface area contributed by atoms with Crippen molar-refractivity contribution in [1.29, 1.82) is 5.41 Å². The molecule has 0 bridgehead atoms. The summed E-state index contributed by atoms with van der Waals surface area (Å²) in [6, 6.07) is 7.42. The Kier molecular flexibility index (Phi) is 7.48. The summed E-state index contributed by atoms with van der Waals surface area (Å²) < 4.78 is 44.3. The maximum atomic E-state index is 12.9. The smallest absolute Gasteiger partial charge is 0.416 e. The van der Waals surface area contributed by atoms with E-state index in [2.05, 4.69) is 5.32 Å². The van der Waals surface area contributed by atoms with E-state index >= 15 is 0 Å². The van der Waals surface area contributed by atoms with Gasteiger partial charge in [0, 0.05) is 24.7 Å². The van der Waals surface area contributed by atoms with Gasteiger partial charge in [-0.2, -0.15) is 13.2 Å². The number of amides is 1. The second-order valence-electron chi connectivity index (χ2n) is 6.72. The highest BCUT2D eigenvalue weighted by Gasteiger charge is 2.32. The molecule has 1 amide bonds. The number of Topliss-reactive ketones (excluding diaryl/α,β-unsaturated/α-hetero) is 1.